The van der Waals surface area contributed by atoms with E-state index in [0.717, 1.165) is 0 Å². The Morgan fingerprint density at radius 3 is 2.35 bits per heavy atom. The summed E-state index contributed by atoms with van der Waals surface area (Å²) in [6.07, 6.45) is 1.49. The number of nitrogens with zero attached hydrogens (tertiary/aromatic N) is 4. The van der Waals surface area contributed by atoms with Crippen molar-refractivity contribution in [3.8, 4) is 24.3 Å². The highest BCUT2D eigenvalue weighted by molar-refractivity contribution is 5.58. The first kappa shape index (κ1) is 12.1. The summed E-state index contributed by atoms with van der Waals surface area (Å²) in [6.45, 7) is 0. The predicted octanol–water partition coefficient (Wildman–Crippen LogP) is 1.92. The minimum Gasteiger partial charge on any atom is -0.462 e. The molecule has 0 atom stereocenters. The lowest BCUT2D eigenvalue weighted by atomic mass is 10.1. The first-order valence-corrected chi connectivity index (χ1v) is 4.63. The average molecular weight is 222 g/mol. The number of nitriles is 4. The Morgan fingerprint density at radius 1 is 1.18 bits per heavy atom. The lowest BCUT2D eigenvalue weighted by Crippen LogP contribution is -1.96. The van der Waals surface area contributed by atoms with E-state index in [9.17, 15) is 0 Å². The summed E-state index contributed by atoms with van der Waals surface area (Å²) < 4.78 is 5.27. The summed E-state index contributed by atoms with van der Waals surface area (Å²) in [7, 11) is 0. The summed E-state index contributed by atoms with van der Waals surface area (Å²) in [5.41, 5.74) is -0.0667. The van der Waals surface area contributed by atoms with Gasteiger partial charge in [0.05, 0.1) is 12.1 Å². The molecular weight excluding hydrogens is 216 g/mol. The van der Waals surface area contributed by atoms with Crippen LogP contribution in [0.3, 0.4) is 0 Å². The zero-order chi connectivity index (χ0) is 12.7. The highest BCUT2D eigenvalue weighted by atomic mass is 16.3. The second kappa shape index (κ2) is 5.76. The van der Waals surface area contributed by atoms with Gasteiger partial charge in [-0.1, -0.05) is 0 Å². The van der Waals surface area contributed by atoms with E-state index in [1.807, 2.05) is 12.1 Å². The fourth-order valence-corrected chi connectivity index (χ4v) is 1.13. The van der Waals surface area contributed by atoms with Crippen molar-refractivity contribution >= 4 is 6.08 Å². The van der Waals surface area contributed by atoms with Gasteiger partial charge in [-0.15, -0.1) is 0 Å². The number of allylic oxidation sites excluding steroid dienone is 1. The summed E-state index contributed by atoms with van der Waals surface area (Å²) in [5.74, 6) is 0.0664. The molecule has 0 unspecified atom stereocenters. The van der Waals surface area contributed by atoms with Gasteiger partial charge in [0.25, 0.3) is 0 Å². The molecule has 0 saturated carbocycles. The third kappa shape index (κ3) is 3.24. The summed E-state index contributed by atoms with van der Waals surface area (Å²) in [5, 5.41) is 34.3. The minimum absolute atomic E-state index is 0.0667. The van der Waals surface area contributed by atoms with Crippen LogP contribution >= 0.6 is 0 Å². The van der Waals surface area contributed by atoms with Gasteiger partial charge in [0, 0.05) is 12.5 Å². The van der Waals surface area contributed by atoms with Crippen LogP contribution in [0.2, 0.25) is 0 Å². The third-order valence-corrected chi connectivity index (χ3v) is 1.93. The molecular formula is C12H6N4O. The van der Waals surface area contributed by atoms with Crippen molar-refractivity contribution < 1.29 is 4.42 Å². The number of furan rings is 1. The second-order valence-corrected chi connectivity index (χ2v) is 3.10. The van der Waals surface area contributed by atoms with Crippen LogP contribution in [0.5, 0.6) is 0 Å². The van der Waals surface area contributed by atoms with Crippen molar-refractivity contribution in [2.75, 3.05) is 0 Å². The van der Waals surface area contributed by atoms with E-state index in [0.29, 0.717) is 11.5 Å². The van der Waals surface area contributed by atoms with Gasteiger partial charge in [-0.3, -0.25) is 0 Å². The van der Waals surface area contributed by atoms with Gasteiger partial charge in [-0.05, 0) is 12.1 Å². The molecule has 0 aliphatic heterocycles. The van der Waals surface area contributed by atoms with E-state index in [2.05, 4.69) is 0 Å². The van der Waals surface area contributed by atoms with Crippen molar-refractivity contribution in [1.29, 1.82) is 21.0 Å². The molecule has 0 aromatic carbocycles. The Morgan fingerprint density at radius 2 is 1.82 bits per heavy atom. The maximum absolute atomic E-state index is 8.60. The number of rotatable bonds is 3. The van der Waals surface area contributed by atoms with Crippen LogP contribution < -0.4 is 0 Å². The van der Waals surface area contributed by atoms with Gasteiger partial charge in [-0.25, -0.2) is 0 Å². The monoisotopic (exact) mass is 222 g/mol. The SMILES string of the molecule is N#CC(C#N)=Cc1ccc(CC(C#N)C#N)o1. The summed E-state index contributed by atoms with van der Waals surface area (Å²) in [4.78, 5) is 0. The Bertz CT molecular complexity index is 568. The predicted molar refractivity (Wildman–Crippen MR) is 56.3 cm³/mol. The molecule has 1 rings (SSSR count). The molecule has 1 heterocycles. The minimum atomic E-state index is -0.760. The van der Waals surface area contributed by atoms with E-state index in [1.165, 1.54) is 6.08 Å². The lowest BCUT2D eigenvalue weighted by molar-refractivity contribution is 0.491. The van der Waals surface area contributed by atoms with Gasteiger partial charge >= 0.3 is 0 Å². The Hall–Kier alpha value is -3.02. The first-order valence-electron chi connectivity index (χ1n) is 4.63. The van der Waals surface area contributed by atoms with Gasteiger partial charge in [-0.2, -0.15) is 21.0 Å². The number of hydrogen-bond donors (Lipinski definition) is 0. The van der Waals surface area contributed by atoms with E-state index in [4.69, 9.17) is 25.5 Å². The molecule has 80 valence electrons. The standard InChI is InChI=1S/C12H6N4O/c13-5-9(6-14)3-11-1-2-12(17-11)4-10(7-15)8-16/h1-3,10H,4H2. The van der Waals surface area contributed by atoms with E-state index < -0.39 is 5.92 Å². The molecule has 0 N–H and O–H groups in total. The van der Waals surface area contributed by atoms with Crippen LogP contribution in [0.15, 0.2) is 22.1 Å². The molecule has 0 aliphatic carbocycles. The van der Waals surface area contributed by atoms with Crippen LogP contribution in [0, 0.1) is 51.2 Å². The lowest BCUT2D eigenvalue weighted by Gasteiger charge is -1.94. The van der Waals surface area contributed by atoms with Gasteiger partial charge in [0.1, 0.15) is 35.1 Å². The number of hydrogen-bond acceptors (Lipinski definition) is 5. The van der Waals surface area contributed by atoms with Crippen LogP contribution in [0.1, 0.15) is 11.5 Å². The maximum atomic E-state index is 8.60. The molecule has 0 radical (unpaired) electrons. The molecule has 1 aromatic heterocycles. The Labute approximate surface area is 98.0 Å². The molecule has 0 amide bonds. The molecule has 17 heavy (non-hydrogen) atoms. The molecule has 0 aliphatic rings. The Balaban J connectivity index is 2.85. The quantitative estimate of drug-likeness (QED) is 0.725. The molecule has 1 aromatic rings. The molecule has 5 nitrogen and oxygen atoms in total. The molecule has 0 fully saturated rings. The van der Waals surface area contributed by atoms with Gasteiger partial charge < -0.3 is 4.42 Å². The first-order chi connectivity index (χ1) is 8.23. The van der Waals surface area contributed by atoms with Crippen molar-refractivity contribution in [2.24, 2.45) is 5.92 Å². The summed E-state index contributed by atoms with van der Waals surface area (Å²) >= 11 is 0. The van der Waals surface area contributed by atoms with Crippen LogP contribution in [0.25, 0.3) is 6.08 Å². The van der Waals surface area contributed by atoms with Crippen LogP contribution in [-0.4, -0.2) is 0 Å². The molecule has 0 bridgehead atoms. The smallest absolute Gasteiger partial charge is 0.140 e. The second-order valence-electron chi connectivity index (χ2n) is 3.10. The Kier molecular flexibility index (Phi) is 4.09. The van der Waals surface area contributed by atoms with E-state index in [1.54, 1.807) is 24.3 Å². The van der Waals surface area contributed by atoms with Gasteiger partial charge in [0.2, 0.25) is 0 Å². The highest BCUT2D eigenvalue weighted by Crippen LogP contribution is 2.15. The third-order valence-electron chi connectivity index (χ3n) is 1.93. The van der Waals surface area contributed by atoms with Crippen molar-refractivity contribution in [2.45, 2.75) is 6.42 Å². The molecule has 5 heteroatoms. The topological polar surface area (TPSA) is 108 Å². The van der Waals surface area contributed by atoms with Crippen molar-refractivity contribution in [3.63, 3.8) is 0 Å². The van der Waals surface area contributed by atoms with Crippen LogP contribution in [0.4, 0.5) is 0 Å². The zero-order valence-electron chi connectivity index (χ0n) is 8.71. The maximum Gasteiger partial charge on any atom is 0.140 e. The zero-order valence-corrected chi connectivity index (χ0v) is 8.71. The molecule has 0 saturated heterocycles. The van der Waals surface area contributed by atoms with Gasteiger partial charge in [0.15, 0.2) is 0 Å². The van der Waals surface area contributed by atoms with E-state index in [-0.39, 0.29) is 12.0 Å². The molecule has 0 spiro atoms. The average Bonchev–Trinajstić information content (AvgIpc) is 2.80. The normalized spacial score (nSPS) is 8.53. The van der Waals surface area contributed by atoms with Crippen molar-refractivity contribution in [3.05, 3.63) is 29.2 Å². The fourth-order valence-electron chi connectivity index (χ4n) is 1.13. The largest absolute Gasteiger partial charge is 0.462 e. The summed E-state index contributed by atoms with van der Waals surface area (Å²) in [6, 6.07) is 10.3. The fraction of sp³-hybridized carbons (Fsp3) is 0.167. The van der Waals surface area contributed by atoms with Crippen molar-refractivity contribution in [1.82, 2.24) is 0 Å². The van der Waals surface area contributed by atoms with Crippen LogP contribution in [-0.2, 0) is 6.42 Å². The highest BCUT2D eigenvalue weighted by Gasteiger charge is 2.10. The van der Waals surface area contributed by atoms with E-state index >= 15 is 0 Å².